The lowest BCUT2D eigenvalue weighted by molar-refractivity contribution is 0.0180. The van der Waals surface area contributed by atoms with Gasteiger partial charge in [0.2, 0.25) is 0 Å². The number of aromatic nitrogens is 2. The van der Waals surface area contributed by atoms with Crippen LogP contribution in [-0.4, -0.2) is 76.1 Å². The fourth-order valence-electron chi connectivity index (χ4n) is 6.07. The zero-order valence-electron chi connectivity index (χ0n) is 17.4. The van der Waals surface area contributed by atoms with Gasteiger partial charge in [0.25, 0.3) is 5.91 Å². The van der Waals surface area contributed by atoms with Gasteiger partial charge in [-0.25, -0.2) is 4.98 Å². The molecule has 1 amide bonds. The van der Waals surface area contributed by atoms with E-state index in [1.165, 1.54) is 5.56 Å². The SMILES string of the molecule is O=C(NC1C2CN3CCN(C2)CC1(c1ccccc1)C3)c1ccc2nc(CO)[nH]c2c1. The minimum absolute atomic E-state index is 0.0431. The molecule has 4 saturated heterocycles. The van der Waals surface area contributed by atoms with Crippen molar-refractivity contribution in [3.8, 4) is 0 Å². The molecule has 31 heavy (non-hydrogen) atoms. The number of nitrogens with zero attached hydrogens (tertiary/aromatic N) is 3. The number of hydrogen-bond donors (Lipinski definition) is 3. The van der Waals surface area contributed by atoms with E-state index >= 15 is 0 Å². The number of aliphatic hydroxyl groups is 1. The maximum absolute atomic E-state index is 13.4. The smallest absolute Gasteiger partial charge is 0.251 e. The number of fused-ring (bicyclic) bond motifs is 2. The molecular formula is C24H27N5O2. The molecule has 160 valence electrons. The van der Waals surface area contributed by atoms with E-state index in [2.05, 4.69) is 55.4 Å². The maximum atomic E-state index is 13.4. The first-order chi connectivity index (χ1) is 15.1. The summed E-state index contributed by atoms with van der Waals surface area (Å²) in [5, 5.41) is 12.8. The molecule has 0 spiro atoms. The largest absolute Gasteiger partial charge is 0.388 e. The third kappa shape index (κ3) is 3.07. The summed E-state index contributed by atoms with van der Waals surface area (Å²) in [7, 11) is 0. The van der Waals surface area contributed by atoms with Crippen molar-refractivity contribution in [1.82, 2.24) is 25.1 Å². The molecule has 1 aromatic heterocycles. The molecule has 0 aliphatic carbocycles. The van der Waals surface area contributed by atoms with Crippen molar-refractivity contribution in [3.63, 3.8) is 0 Å². The lowest BCUT2D eigenvalue weighted by Gasteiger charge is -2.55. The molecule has 0 saturated carbocycles. The van der Waals surface area contributed by atoms with E-state index in [1.54, 1.807) is 0 Å². The van der Waals surface area contributed by atoms with Crippen LogP contribution in [-0.2, 0) is 12.0 Å². The summed E-state index contributed by atoms with van der Waals surface area (Å²) in [6, 6.07) is 16.3. The van der Waals surface area contributed by atoms with Crippen LogP contribution in [0.15, 0.2) is 48.5 Å². The lowest BCUT2D eigenvalue weighted by Crippen LogP contribution is -2.70. The van der Waals surface area contributed by atoms with Crippen LogP contribution >= 0.6 is 0 Å². The summed E-state index contributed by atoms with van der Waals surface area (Å²) in [4.78, 5) is 26.0. The van der Waals surface area contributed by atoms with Crippen LogP contribution in [0, 0.1) is 5.92 Å². The highest BCUT2D eigenvalue weighted by Gasteiger charge is 2.55. The Bertz CT molecular complexity index is 1110. The van der Waals surface area contributed by atoms with Gasteiger partial charge in [0.1, 0.15) is 12.4 Å². The van der Waals surface area contributed by atoms with Crippen molar-refractivity contribution < 1.29 is 9.90 Å². The van der Waals surface area contributed by atoms with Gasteiger partial charge in [0, 0.05) is 62.2 Å². The Labute approximate surface area is 181 Å². The summed E-state index contributed by atoms with van der Waals surface area (Å²) in [6.45, 7) is 6.10. The summed E-state index contributed by atoms with van der Waals surface area (Å²) in [5.41, 5.74) is 3.37. The number of aromatic amines is 1. The monoisotopic (exact) mass is 417 g/mol. The molecular weight excluding hydrogens is 390 g/mol. The molecule has 7 nitrogen and oxygen atoms in total. The van der Waals surface area contributed by atoms with Gasteiger partial charge in [-0.3, -0.25) is 4.79 Å². The van der Waals surface area contributed by atoms with E-state index in [9.17, 15) is 9.90 Å². The Morgan fingerprint density at radius 1 is 1.13 bits per heavy atom. The fourth-order valence-corrected chi connectivity index (χ4v) is 6.07. The first-order valence-electron chi connectivity index (χ1n) is 11.1. The van der Waals surface area contributed by atoms with Gasteiger partial charge in [-0.2, -0.15) is 0 Å². The average Bonchev–Trinajstić information content (AvgIpc) is 3.05. The lowest BCUT2D eigenvalue weighted by atomic mass is 9.64. The molecule has 7 heteroatoms. The number of benzene rings is 2. The van der Waals surface area contributed by atoms with Gasteiger partial charge in [-0.1, -0.05) is 30.3 Å². The van der Waals surface area contributed by atoms with Gasteiger partial charge < -0.3 is 25.2 Å². The van der Waals surface area contributed by atoms with Crippen LogP contribution in [0.3, 0.4) is 0 Å². The highest BCUT2D eigenvalue weighted by Crippen LogP contribution is 2.43. The van der Waals surface area contributed by atoms with E-state index in [-0.39, 0.29) is 24.0 Å². The van der Waals surface area contributed by atoms with Crippen LogP contribution in [0.2, 0.25) is 0 Å². The number of piperidine rings is 2. The van der Waals surface area contributed by atoms with Crippen molar-refractivity contribution in [1.29, 1.82) is 0 Å². The van der Waals surface area contributed by atoms with Crippen molar-refractivity contribution in [2.45, 2.75) is 18.1 Å². The molecule has 0 radical (unpaired) electrons. The molecule has 3 unspecified atom stereocenters. The van der Waals surface area contributed by atoms with Gasteiger partial charge in [-0.05, 0) is 23.8 Å². The van der Waals surface area contributed by atoms with E-state index in [1.807, 2.05) is 18.2 Å². The first-order valence-corrected chi connectivity index (χ1v) is 11.1. The van der Waals surface area contributed by atoms with Gasteiger partial charge in [0.05, 0.1) is 11.0 Å². The number of imidazole rings is 1. The highest BCUT2D eigenvalue weighted by atomic mass is 16.3. The number of amides is 1. The first kappa shape index (κ1) is 19.0. The third-order valence-corrected chi connectivity index (χ3v) is 7.37. The molecule has 4 fully saturated rings. The van der Waals surface area contributed by atoms with Crippen molar-refractivity contribution in [3.05, 3.63) is 65.5 Å². The standard InChI is InChI=1S/C24H27N5O2/c30-13-21-25-19-7-6-16(10-20(19)26-21)23(31)27-22-17-11-28-8-9-29(12-17)15-24(22,14-28)18-4-2-1-3-5-18/h1-7,10,17,22,30H,8-9,11-15H2,(H,25,26)(H,27,31). The second-order valence-electron chi connectivity index (χ2n) is 9.28. The number of carbonyl (C=O) groups excluding carboxylic acids is 1. The summed E-state index contributed by atoms with van der Waals surface area (Å²) in [5.74, 6) is 0.875. The van der Waals surface area contributed by atoms with E-state index in [0.29, 0.717) is 17.3 Å². The zero-order valence-corrected chi connectivity index (χ0v) is 17.4. The van der Waals surface area contributed by atoms with Crippen molar-refractivity contribution >= 4 is 16.9 Å². The molecule has 4 bridgehead atoms. The van der Waals surface area contributed by atoms with Crippen LogP contribution in [0.1, 0.15) is 21.7 Å². The Balaban J connectivity index is 1.35. The van der Waals surface area contributed by atoms with Gasteiger partial charge in [-0.15, -0.1) is 0 Å². The maximum Gasteiger partial charge on any atom is 0.251 e. The topological polar surface area (TPSA) is 84.5 Å². The van der Waals surface area contributed by atoms with E-state index in [0.717, 1.165) is 50.3 Å². The summed E-state index contributed by atoms with van der Waals surface area (Å²) >= 11 is 0. The normalized spacial score (nSPS) is 31.6. The van der Waals surface area contributed by atoms with Gasteiger partial charge in [0.15, 0.2) is 0 Å². The predicted octanol–water partition coefficient (Wildman–Crippen LogP) is 1.35. The third-order valence-electron chi connectivity index (χ3n) is 7.37. The number of nitrogens with one attached hydrogen (secondary N) is 2. The molecule has 3 atom stereocenters. The van der Waals surface area contributed by atoms with Crippen LogP contribution < -0.4 is 5.32 Å². The predicted molar refractivity (Wildman–Crippen MR) is 118 cm³/mol. The Morgan fingerprint density at radius 2 is 1.87 bits per heavy atom. The van der Waals surface area contributed by atoms with Crippen molar-refractivity contribution in [2.24, 2.45) is 5.92 Å². The molecule has 7 rings (SSSR count). The quantitative estimate of drug-likeness (QED) is 0.597. The minimum atomic E-state index is -0.146. The van der Waals surface area contributed by atoms with Crippen LogP contribution in [0.5, 0.6) is 0 Å². The highest BCUT2D eigenvalue weighted by molar-refractivity contribution is 5.97. The zero-order chi connectivity index (χ0) is 21.0. The van der Waals surface area contributed by atoms with Crippen LogP contribution in [0.4, 0.5) is 0 Å². The second kappa shape index (κ2) is 7.15. The minimum Gasteiger partial charge on any atom is -0.388 e. The summed E-state index contributed by atoms with van der Waals surface area (Å²) < 4.78 is 0. The molecule has 5 heterocycles. The molecule has 4 aliphatic heterocycles. The number of carbonyl (C=O) groups is 1. The molecule has 4 aliphatic rings. The molecule has 3 N–H and O–H groups in total. The number of aliphatic hydroxyl groups excluding tert-OH is 1. The number of hydrogen-bond acceptors (Lipinski definition) is 5. The molecule has 3 aromatic rings. The average molecular weight is 418 g/mol. The number of rotatable bonds is 4. The molecule has 2 aromatic carbocycles. The van der Waals surface area contributed by atoms with Gasteiger partial charge >= 0.3 is 0 Å². The Morgan fingerprint density at radius 3 is 2.58 bits per heavy atom. The Hall–Kier alpha value is -2.74. The summed E-state index contributed by atoms with van der Waals surface area (Å²) in [6.07, 6.45) is 0. The number of H-pyrrole nitrogens is 1. The second-order valence-corrected chi connectivity index (χ2v) is 9.28. The van der Waals surface area contributed by atoms with Crippen LogP contribution in [0.25, 0.3) is 11.0 Å². The van der Waals surface area contributed by atoms with E-state index in [4.69, 9.17) is 0 Å². The van der Waals surface area contributed by atoms with E-state index < -0.39 is 0 Å². The van der Waals surface area contributed by atoms with Crippen molar-refractivity contribution in [2.75, 3.05) is 39.3 Å². The fraction of sp³-hybridized carbons (Fsp3) is 0.417. The Kier molecular flexibility index (Phi) is 4.38.